The second kappa shape index (κ2) is 1.94. The Morgan fingerprint density at radius 1 is 1.50 bits per heavy atom. The SMILES string of the molecule is C[C@]12OCC[C@H]1[C@@H](O)CO2. The first-order valence-electron chi connectivity index (χ1n) is 3.68. The van der Waals surface area contributed by atoms with Crippen molar-refractivity contribution >= 4 is 0 Å². The summed E-state index contributed by atoms with van der Waals surface area (Å²) in [5, 5.41) is 9.36. The van der Waals surface area contributed by atoms with Crippen molar-refractivity contribution in [3.63, 3.8) is 0 Å². The number of rotatable bonds is 0. The largest absolute Gasteiger partial charge is 0.390 e. The highest BCUT2D eigenvalue weighted by Crippen LogP contribution is 2.40. The topological polar surface area (TPSA) is 38.7 Å². The molecule has 0 spiro atoms. The van der Waals surface area contributed by atoms with Gasteiger partial charge in [-0.25, -0.2) is 0 Å². The number of aliphatic hydroxyl groups excluding tert-OH is 1. The predicted molar refractivity (Wildman–Crippen MR) is 34.4 cm³/mol. The molecule has 2 rings (SSSR count). The van der Waals surface area contributed by atoms with Gasteiger partial charge in [-0.1, -0.05) is 0 Å². The molecule has 0 aromatic carbocycles. The van der Waals surface area contributed by atoms with E-state index in [9.17, 15) is 5.11 Å². The van der Waals surface area contributed by atoms with E-state index in [0.29, 0.717) is 6.61 Å². The van der Waals surface area contributed by atoms with Gasteiger partial charge in [0.1, 0.15) is 0 Å². The van der Waals surface area contributed by atoms with E-state index >= 15 is 0 Å². The Bertz CT molecular complexity index is 148. The fourth-order valence-electron chi connectivity index (χ4n) is 1.82. The molecule has 2 heterocycles. The molecular weight excluding hydrogens is 132 g/mol. The molecule has 58 valence electrons. The van der Waals surface area contributed by atoms with E-state index < -0.39 is 5.79 Å². The normalized spacial score (nSPS) is 53.4. The van der Waals surface area contributed by atoms with Crippen LogP contribution in [0.5, 0.6) is 0 Å². The van der Waals surface area contributed by atoms with Crippen molar-refractivity contribution in [1.29, 1.82) is 0 Å². The van der Waals surface area contributed by atoms with Crippen molar-refractivity contribution in [1.82, 2.24) is 0 Å². The average molecular weight is 144 g/mol. The zero-order valence-corrected chi connectivity index (χ0v) is 6.04. The molecule has 3 nitrogen and oxygen atoms in total. The summed E-state index contributed by atoms with van der Waals surface area (Å²) in [6.45, 7) is 3.06. The predicted octanol–water partition coefficient (Wildman–Crippen LogP) is 0.130. The molecule has 0 saturated carbocycles. The molecule has 0 radical (unpaired) electrons. The maximum absolute atomic E-state index is 9.36. The first kappa shape index (κ1) is 6.58. The molecule has 0 aromatic rings. The van der Waals surface area contributed by atoms with Crippen molar-refractivity contribution < 1.29 is 14.6 Å². The highest BCUT2D eigenvalue weighted by Gasteiger charge is 2.50. The molecule has 2 aliphatic rings. The van der Waals surface area contributed by atoms with Crippen LogP contribution in [0.2, 0.25) is 0 Å². The van der Waals surface area contributed by atoms with Crippen molar-refractivity contribution in [2.24, 2.45) is 5.92 Å². The van der Waals surface area contributed by atoms with Gasteiger partial charge in [0, 0.05) is 5.92 Å². The first-order chi connectivity index (χ1) is 4.72. The lowest BCUT2D eigenvalue weighted by Crippen LogP contribution is -2.30. The van der Waals surface area contributed by atoms with Crippen LogP contribution < -0.4 is 0 Å². The zero-order valence-electron chi connectivity index (χ0n) is 6.04. The maximum Gasteiger partial charge on any atom is 0.171 e. The van der Waals surface area contributed by atoms with E-state index in [1.807, 2.05) is 6.92 Å². The van der Waals surface area contributed by atoms with Gasteiger partial charge in [0.05, 0.1) is 19.3 Å². The number of aliphatic hydroxyl groups is 1. The molecule has 2 fully saturated rings. The van der Waals surface area contributed by atoms with Crippen LogP contribution in [0.25, 0.3) is 0 Å². The molecular formula is C7H12O3. The minimum Gasteiger partial charge on any atom is -0.390 e. The Kier molecular flexibility index (Phi) is 1.27. The summed E-state index contributed by atoms with van der Waals surface area (Å²) in [6, 6.07) is 0. The number of fused-ring (bicyclic) bond motifs is 1. The number of hydrogen-bond donors (Lipinski definition) is 1. The molecule has 0 aliphatic carbocycles. The summed E-state index contributed by atoms with van der Waals surface area (Å²) in [7, 11) is 0. The van der Waals surface area contributed by atoms with Crippen molar-refractivity contribution in [2.75, 3.05) is 13.2 Å². The fraction of sp³-hybridized carbons (Fsp3) is 1.00. The first-order valence-corrected chi connectivity index (χ1v) is 3.68. The van der Waals surface area contributed by atoms with E-state index in [-0.39, 0.29) is 12.0 Å². The number of hydrogen-bond acceptors (Lipinski definition) is 3. The van der Waals surface area contributed by atoms with E-state index in [1.165, 1.54) is 0 Å². The Balaban J connectivity index is 2.19. The van der Waals surface area contributed by atoms with Crippen LogP contribution in [0.3, 0.4) is 0 Å². The fourth-order valence-corrected chi connectivity index (χ4v) is 1.82. The van der Waals surface area contributed by atoms with Gasteiger partial charge in [0.2, 0.25) is 0 Å². The maximum atomic E-state index is 9.36. The Hall–Kier alpha value is -0.120. The van der Waals surface area contributed by atoms with Gasteiger partial charge in [0.25, 0.3) is 0 Å². The van der Waals surface area contributed by atoms with Crippen LogP contribution >= 0.6 is 0 Å². The molecule has 1 N–H and O–H groups in total. The minimum atomic E-state index is -0.473. The summed E-state index contributed by atoms with van der Waals surface area (Å²) in [6.07, 6.45) is 0.616. The summed E-state index contributed by atoms with van der Waals surface area (Å²) in [5.74, 6) is -0.271. The molecule has 10 heavy (non-hydrogen) atoms. The standard InChI is InChI=1S/C7H12O3/c1-7-5(2-3-9-7)6(8)4-10-7/h5-6,8H,2-4H2,1H3/t5-,6-,7+/m0/s1. The molecule has 2 saturated heterocycles. The Morgan fingerprint density at radius 3 is 3.00 bits per heavy atom. The van der Waals surface area contributed by atoms with Crippen LogP contribution in [-0.2, 0) is 9.47 Å². The monoisotopic (exact) mass is 144 g/mol. The molecule has 0 unspecified atom stereocenters. The van der Waals surface area contributed by atoms with Crippen LogP contribution in [0.15, 0.2) is 0 Å². The third kappa shape index (κ3) is 0.713. The Morgan fingerprint density at radius 2 is 2.30 bits per heavy atom. The van der Waals surface area contributed by atoms with E-state index in [1.54, 1.807) is 0 Å². The lowest BCUT2D eigenvalue weighted by atomic mass is 9.96. The van der Waals surface area contributed by atoms with Gasteiger partial charge in [-0.2, -0.15) is 0 Å². The summed E-state index contributed by atoms with van der Waals surface area (Å²) in [4.78, 5) is 0. The van der Waals surface area contributed by atoms with Crippen molar-refractivity contribution in [3.05, 3.63) is 0 Å². The van der Waals surface area contributed by atoms with Gasteiger partial charge < -0.3 is 14.6 Å². The Labute approximate surface area is 59.9 Å². The summed E-state index contributed by atoms with van der Waals surface area (Å²) in [5.41, 5.74) is 0. The second-order valence-electron chi connectivity index (χ2n) is 3.14. The third-order valence-electron chi connectivity index (χ3n) is 2.50. The van der Waals surface area contributed by atoms with Crippen molar-refractivity contribution in [2.45, 2.75) is 25.2 Å². The van der Waals surface area contributed by atoms with Crippen LogP contribution in [0, 0.1) is 5.92 Å². The van der Waals surface area contributed by atoms with E-state index in [2.05, 4.69) is 0 Å². The van der Waals surface area contributed by atoms with Crippen LogP contribution in [-0.4, -0.2) is 30.2 Å². The van der Waals surface area contributed by atoms with Crippen LogP contribution in [0.1, 0.15) is 13.3 Å². The molecule has 3 heteroatoms. The molecule has 0 aromatic heterocycles. The third-order valence-corrected chi connectivity index (χ3v) is 2.50. The molecule has 0 bridgehead atoms. The lowest BCUT2D eigenvalue weighted by Gasteiger charge is -2.21. The summed E-state index contributed by atoms with van der Waals surface area (Å²) >= 11 is 0. The van der Waals surface area contributed by atoms with Crippen LogP contribution in [0.4, 0.5) is 0 Å². The molecule has 3 atom stereocenters. The van der Waals surface area contributed by atoms with Gasteiger partial charge in [-0.15, -0.1) is 0 Å². The zero-order chi connectivity index (χ0) is 7.19. The van der Waals surface area contributed by atoms with Gasteiger partial charge >= 0.3 is 0 Å². The molecule has 0 amide bonds. The van der Waals surface area contributed by atoms with Crippen molar-refractivity contribution in [3.8, 4) is 0 Å². The number of ether oxygens (including phenoxy) is 2. The summed E-state index contributed by atoms with van der Waals surface area (Å²) < 4.78 is 10.7. The minimum absolute atomic E-state index is 0.201. The van der Waals surface area contributed by atoms with E-state index in [4.69, 9.17) is 9.47 Å². The highest BCUT2D eigenvalue weighted by molar-refractivity contribution is 4.91. The van der Waals surface area contributed by atoms with Gasteiger partial charge in [-0.05, 0) is 13.3 Å². The lowest BCUT2D eigenvalue weighted by molar-refractivity contribution is -0.181. The van der Waals surface area contributed by atoms with Gasteiger partial charge in [0.15, 0.2) is 5.79 Å². The highest BCUT2D eigenvalue weighted by atomic mass is 16.7. The van der Waals surface area contributed by atoms with Gasteiger partial charge in [-0.3, -0.25) is 0 Å². The smallest absolute Gasteiger partial charge is 0.171 e. The average Bonchev–Trinajstić information content (AvgIpc) is 2.35. The quantitative estimate of drug-likeness (QED) is 0.525. The molecule has 2 aliphatic heterocycles. The van der Waals surface area contributed by atoms with E-state index in [0.717, 1.165) is 13.0 Å². The second-order valence-corrected chi connectivity index (χ2v) is 3.14.